The topological polar surface area (TPSA) is 50.2 Å². The molecule has 1 aromatic rings. The Hall–Kier alpha value is -1.26. The molecule has 4 heteroatoms. The van der Waals surface area contributed by atoms with E-state index in [1.807, 2.05) is 32.2 Å². The Morgan fingerprint density at radius 2 is 2.22 bits per heavy atom. The summed E-state index contributed by atoms with van der Waals surface area (Å²) in [7, 11) is 0. The van der Waals surface area contributed by atoms with Gasteiger partial charge in [-0.05, 0) is 45.6 Å². The number of thiazole rings is 1. The van der Waals surface area contributed by atoms with Crippen molar-refractivity contribution in [2.75, 3.05) is 0 Å². The number of Topliss-reactive ketones (excluding diaryl/α,β-unsaturated/α-hetero) is 1. The van der Waals surface area contributed by atoms with Crippen LogP contribution in [0.5, 0.6) is 0 Å². The van der Waals surface area contributed by atoms with E-state index in [0.717, 1.165) is 30.0 Å². The molecule has 0 spiro atoms. The molecule has 128 valence electrons. The van der Waals surface area contributed by atoms with Crippen LogP contribution < -0.4 is 0 Å². The number of hydrogen-bond acceptors (Lipinski definition) is 4. The van der Waals surface area contributed by atoms with E-state index in [1.54, 1.807) is 17.4 Å². The standard InChI is InChI=1S/C19H29NO2S/c1-5-19(22)15(3)8-6-7-14(2)9-11-18(21)12-10-17-13-23-16(4)20-17/h9-10,12-13,15,18,21H,5-8,11H2,1-4H3/b12-10+,14-9?/t15-,18-/m0/s1. The third-order valence-corrected chi connectivity index (χ3v) is 4.73. The molecule has 0 radical (unpaired) electrons. The maximum absolute atomic E-state index is 11.5. The fraction of sp³-hybridized carbons (Fsp3) is 0.579. The van der Waals surface area contributed by atoms with Crippen molar-refractivity contribution in [3.63, 3.8) is 0 Å². The first kappa shape index (κ1) is 19.8. The van der Waals surface area contributed by atoms with Crippen LogP contribution in [-0.4, -0.2) is 22.0 Å². The number of nitrogens with zero attached hydrogens (tertiary/aromatic N) is 1. The molecule has 1 aromatic heterocycles. The lowest BCUT2D eigenvalue weighted by Gasteiger charge is -2.09. The van der Waals surface area contributed by atoms with Gasteiger partial charge in [0.15, 0.2) is 0 Å². The fourth-order valence-electron chi connectivity index (χ4n) is 2.37. The van der Waals surface area contributed by atoms with Gasteiger partial charge in [-0.15, -0.1) is 11.3 Å². The maximum Gasteiger partial charge on any atom is 0.135 e. The summed E-state index contributed by atoms with van der Waals surface area (Å²) in [4.78, 5) is 15.9. The number of hydrogen-bond donors (Lipinski definition) is 1. The monoisotopic (exact) mass is 335 g/mol. The number of allylic oxidation sites excluding steroid dienone is 1. The first-order valence-electron chi connectivity index (χ1n) is 8.39. The van der Waals surface area contributed by atoms with E-state index in [9.17, 15) is 9.90 Å². The molecule has 1 rings (SSSR count). The van der Waals surface area contributed by atoms with E-state index in [-0.39, 0.29) is 5.92 Å². The second-order valence-corrected chi connectivity index (χ2v) is 7.18. The van der Waals surface area contributed by atoms with Crippen molar-refractivity contribution in [3.05, 3.63) is 33.8 Å². The molecule has 0 unspecified atom stereocenters. The van der Waals surface area contributed by atoms with Gasteiger partial charge < -0.3 is 5.11 Å². The highest BCUT2D eigenvalue weighted by Gasteiger charge is 2.09. The van der Waals surface area contributed by atoms with Gasteiger partial charge in [0.1, 0.15) is 5.78 Å². The number of aryl methyl sites for hydroxylation is 1. The number of aliphatic hydroxyl groups is 1. The third kappa shape index (κ3) is 8.24. The number of ketones is 1. The molecule has 2 atom stereocenters. The van der Waals surface area contributed by atoms with E-state index in [4.69, 9.17) is 0 Å². The molecule has 0 fully saturated rings. The molecule has 0 aromatic carbocycles. The summed E-state index contributed by atoms with van der Waals surface area (Å²) in [6.45, 7) is 8.00. The highest BCUT2D eigenvalue weighted by atomic mass is 32.1. The largest absolute Gasteiger partial charge is 0.389 e. The molecule has 1 N–H and O–H groups in total. The molecule has 0 bridgehead atoms. The second kappa shape index (κ2) is 10.5. The number of rotatable bonds is 10. The Morgan fingerprint density at radius 3 is 2.83 bits per heavy atom. The lowest BCUT2D eigenvalue weighted by atomic mass is 9.96. The van der Waals surface area contributed by atoms with Crippen LogP contribution in [0.1, 0.15) is 63.6 Å². The Labute approximate surface area is 144 Å². The van der Waals surface area contributed by atoms with Gasteiger partial charge in [-0.1, -0.05) is 31.6 Å². The molecular formula is C19H29NO2S. The molecule has 0 amide bonds. The summed E-state index contributed by atoms with van der Waals surface area (Å²) in [6.07, 6.45) is 9.49. The van der Waals surface area contributed by atoms with Crippen molar-refractivity contribution in [1.29, 1.82) is 0 Å². The highest BCUT2D eigenvalue weighted by Crippen LogP contribution is 2.15. The van der Waals surface area contributed by atoms with Gasteiger partial charge >= 0.3 is 0 Å². The van der Waals surface area contributed by atoms with Crippen molar-refractivity contribution in [1.82, 2.24) is 4.98 Å². The van der Waals surface area contributed by atoms with Crippen LogP contribution in [0, 0.1) is 12.8 Å². The van der Waals surface area contributed by atoms with Crippen molar-refractivity contribution < 1.29 is 9.90 Å². The lowest BCUT2D eigenvalue weighted by molar-refractivity contribution is -0.122. The van der Waals surface area contributed by atoms with E-state index >= 15 is 0 Å². The van der Waals surface area contributed by atoms with Gasteiger partial charge in [0.05, 0.1) is 16.8 Å². The highest BCUT2D eigenvalue weighted by molar-refractivity contribution is 7.09. The number of carbonyl (C=O) groups is 1. The van der Waals surface area contributed by atoms with Gasteiger partial charge in [-0.25, -0.2) is 4.98 Å². The van der Waals surface area contributed by atoms with Crippen LogP contribution in [0.2, 0.25) is 0 Å². The molecular weight excluding hydrogens is 306 g/mol. The van der Waals surface area contributed by atoms with Crippen LogP contribution in [0.3, 0.4) is 0 Å². The summed E-state index contributed by atoms with van der Waals surface area (Å²) in [5, 5.41) is 13.0. The molecule has 1 heterocycles. The average Bonchev–Trinajstić information content (AvgIpc) is 2.95. The van der Waals surface area contributed by atoms with Gasteiger partial charge in [0, 0.05) is 17.7 Å². The van der Waals surface area contributed by atoms with Gasteiger partial charge in [0.2, 0.25) is 0 Å². The predicted octanol–water partition coefficient (Wildman–Crippen LogP) is 4.95. The van der Waals surface area contributed by atoms with Crippen molar-refractivity contribution in [2.24, 2.45) is 5.92 Å². The van der Waals surface area contributed by atoms with E-state index in [2.05, 4.69) is 18.0 Å². The van der Waals surface area contributed by atoms with Crippen LogP contribution in [0.15, 0.2) is 23.1 Å². The second-order valence-electron chi connectivity index (χ2n) is 6.12. The van der Waals surface area contributed by atoms with Crippen molar-refractivity contribution >= 4 is 23.2 Å². The molecule has 0 aliphatic rings. The first-order chi connectivity index (χ1) is 10.9. The number of aromatic nitrogens is 1. The Bertz CT molecular complexity index is 545. The minimum absolute atomic E-state index is 0.169. The first-order valence-corrected chi connectivity index (χ1v) is 9.27. The van der Waals surface area contributed by atoms with E-state index in [1.165, 1.54) is 5.57 Å². The summed E-state index contributed by atoms with van der Waals surface area (Å²) in [5.74, 6) is 0.521. The summed E-state index contributed by atoms with van der Waals surface area (Å²) in [6, 6.07) is 0. The molecule has 0 saturated carbocycles. The van der Waals surface area contributed by atoms with Gasteiger partial charge in [-0.2, -0.15) is 0 Å². The molecule has 0 aliphatic carbocycles. The van der Waals surface area contributed by atoms with Crippen LogP contribution in [0.4, 0.5) is 0 Å². The Morgan fingerprint density at radius 1 is 1.48 bits per heavy atom. The SMILES string of the molecule is CCC(=O)[C@@H](C)CCCC(C)=CC[C@H](O)/C=C/c1csc(C)n1. The van der Waals surface area contributed by atoms with Crippen molar-refractivity contribution in [3.8, 4) is 0 Å². The van der Waals surface area contributed by atoms with Crippen LogP contribution >= 0.6 is 11.3 Å². The third-order valence-electron chi connectivity index (χ3n) is 3.94. The summed E-state index contributed by atoms with van der Waals surface area (Å²) < 4.78 is 0. The molecule has 0 aliphatic heterocycles. The average molecular weight is 336 g/mol. The summed E-state index contributed by atoms with van der Waals surface area (Å²) in [5.41, 5.74) is 2.18. The smallest absolute Gasteiger partial charge is 0.135 e. The van der Waals surface area contributed by atoms with Gasteiger partial charge in [-0.3, -0.25) is 4.79 Å². The maximum atomic E-state index is 11.5. The lowest BCUT2D eigenvalue weighted by Crippen LogP contribution is -2.09. The summed E-state index contributed by atoms with van der Waals surface area (Å²) >= 11 is 1.61. The minimum Gasteiger partial charge on any atom is -0.389 e. The van der Waals surface area contributed by atoms with E-state index < -0.39 is 6.10 Å². The predicted molar refractivity (Wildman–Crippen MR) is 98.6 cm³/mol. The Kier molecular flexibility index (Phi) is 9.03. The van der Waals surface area contributed by atoms with Crippen LogP contribution in [-0.2, 0) is 4.79 Å². The zero-order chi connectivity index (χ0) is 17.2. The molecule has 23 heavy (non-hydrogen) atoms. The van der Waals surface area contributed by atoms with Gasteiger partial charge in [0.25, 0.3) is 0 Å². The molecule has 0 saturated heterocycles. The molecule has 3 nitrogen and oxygen atoms in total. The van der Waals surface area contributed by atoms with E-state index in [0.29, 0.717) is 18.6 Å². The van der Waals surface area contributed by atoms with Crippen molar-refractivity contribution in [2.45, 2.75) is 65.9 Å². The zero-order valence-electron chi connectivity index (χ0n) is 14.7. The Balaban J connectivity index is 2.29. The van der Waals surface area contributed by atoms with Crippen LogP contribution in [0.25, 0.3) is 6.08 Å². The quantitative estimate of drug-likeness (QED) is 0.616. The fourth-order valence-corrected chi connectivity index (χ4v) is 2.95. The minimum atomic E-state index is -0.479. The normalized spacial score (nSPS) is 15.1. The zero-order valence-corrected chi connectivity index (χ0v) is 15.5. The number of carbonyl (C=O) groups excluding carboxylic acids is 1. The number of aliphatic hydroxyl groups excluding tert-OH is 1.